The normalized spacial score (nSPS) is 12.0. The molecular formula is C34H27N6Na5O23S7. The van der Waals surface area contributed by atoms with Crippen molar-refractivity contribution in [3.63, 3.8) is 0 Å². The number of benzene rings is 5. The smallest absolute Gasteiger partial charge is 0.747 e. The molecule has 0 fully saturated rings. The molecule has 0 bridgehead atoms. The van der Waals surface area contributed by atoms with Crippen LogP contribution in [0.3, 0.4) is 0 Å². The minimum absolute atomic E-state index is 0. The first-order valence-corrected chi connectivity index (χ1v) is 27.2. The molecule has 0 saturated heterocycles. The van der Waals surface area contributed by atoms with Gasteiger partial charge in [0.1, 0.15) is 43.2 Å². The van der Waals surface area contributed by atoms with E-state index in [2.05, 4.69) is 58.2 Å². The molecule has 0 atom stereocenters. The Bertz CT molecular complexity index is 3410. The number of phenols is 1. The van der Waals surface area contributed by atoms with Gasteiger partial charge in [0.05, 0.1) is 67.7 Å². The molecule has 378 valence electrons. The maximum atomic E-state index is 13.0. The molecule has 29 nitrogen and oxygen atoms in total. The summed E-state index contributed by atoms with van der Waals surface area (Å²) in [5.74, 6) is -4.39. The van der Waals surface area contributed by atoms with Crippen LogP contribution in [0, 0.1) is 0 Å². The number of azo groups is 2. The van der Waals surface area contributed by atoms with Crippen molar-refractivity contribution in [1.29, 1.82) is 0 Å². The van der Waals surface area contributed by atoms with E-state index in [4.69, 9.17) is 0 Å². The van der Waals surface area contributed by atoms with Crippen molar-refractivity contribution in [2.24, 2.45) is 20.5 Å². The van der Waals surface area contributed by atoms with Crippen LogP contribution >= 0.6 is 24.4 Å². The number of rotatable bonds is 25. The molecule has 0 aliphatic rings. The number of hydrogen-bond acceptors (Lipinski definition) is 30. The van der Waals surface area contributed by atoms with Crippen molar-refractivity contribution in [2.45, 2.75) is 19.6 Å². The molecule has 0 spiro atoms. The van der Waals surface area contributed by atoms with Crippen LogP contribution in [0.4, 0.5) is 34.1 Å². The minimum Gasteiger partial charge on any atom is -0.747 e. The van der Waals surface area contributed by atoms with Gasteiger partial charge in [0.15, 0.2) is 37.7 Å². The van der Waals surface area contributed by atoms with Crippen LogP contribution in [-0.4, -0.2) is 97.4 Å². The number of aromatic hydroxyl groups is 1. The number of carbonyl (C=O) groups excluding carboxylic acids is 1. The SMILES string of the molecule is O=C(Nc1cccc(S(=O)(=O)CCOS(=O)(=O)[O-])c1)c1ccc(N=Nc2c(SOO[O-])cc3c(N=Nc4ccc(S(=O)(=O)CCOSOO[O-])cc4S(=O)(=O)[O-])c(NCS(=O)(=O)[O-])ccc3c2O)cc1.[Na+].[Na+].[Na+].[Na+].[Na+]. The topological polar surface area (TPSA) is 452 Å². The van der Waals surface area contributed by atoms with Gasteiger partial charge in [-0.05, 0) is 78.9 Å². The van der Waals surface area contributed by atoms with E-state index in [1.54, 1.807) is 0 Å². The van der Waals surface area contributed by atoms with Gasteiger partial charge in [-0.15, -0.1) is 19.7 Å². The molecule has 0 aromatic heterocycles. The summed E-state index contributed by atoms with van der Waals surface area (Å²) in [7, 11) is -24.2. The van der Waals surface area contributed by atoms with E-state index in [9.17, 15) is 76.2 Å². The number of anilines is 2. The zero-order chi connectivity index (χ0) is 51.5. The molecule has 1 amide bonds. The largest absolute Gasteiger partial charge is 1.00 e. The predicted octanol–water partition coefficient (Wildman–Crippen LogP) is -12.5. The van der Waals surface area contributed by atoms with Gasteiger partial charge >= 0.3 is 148 Å². The molecular weight excluding hydrogens is 1200 g/mol. The Morgan fingerprint density at radius 1 is 0.653 bits per heavy atom. The minimum atomic E-state index is -5.52. The van der Waals surface area contributed by atoms with Gasteiger partial charge in [-0.25, -0.2) is 42.1 Å². The third kappa shape index (κ3) is 23.2. The standard InChI is InChI=1S/C34H32N6O23S7.5Na/c41-33-25-9-11-28(35-19-68(49,50)51)31(39-38-27-10-8-24(17-30(27)69(52,53)54)66(45,46)14-12-58-65-63-61-44)26(25)18-29(64-62-60-43)32(33)40-37-21-6-4-20(5-7-21)34(42)36-22-2-1-3-23(16-22)67(47,48)15-13-59-70(55,56)57;;;;;/h1-11,16-18,35,41,43-44H,12-15,19H2,(H,36,42)(H,49,50,51)(H,52,53,54)(H,55,56,57);;;;;/q;5*+1/p-5. The predicted molar refractivity (Wildman–Crippen MR) is 231 cm³/mol. The summed E-state index contributed by atoms with van der Waals surface area (Å²) < 4.78 is 172. The Labute approximate surface area is 546 Å². The number of hydrogen-bond donors (Lipinski definition) is 3. The number of phenolic OH excluding ortho intramolecular Hbond substituents is 1. The summed E-state index contributed by atoms with van der Waals surface area (Å²) in [6.45, 7) is -1.54. The maximum absolute atomic E-state index is 13.0. The van der Waals surface area contributed by atoms with Crippen molar-refractivity contribution in [2.75, 3.05) is 41.2 Å². The van der Waals surface area contributed by atoms with E-state index in [0.29, 0.717) is 6.07 Å². The Morgan fingerprint density at radius 2 is 1.27 bits per heavy atom. The number of amides is 1. The molecule has 0 heterocycles. The summed E-state index contributed by atoms with van der Waals surface area (Å²) in [6.07, 6.45) is 0. The van der Waals surface area contributed by atoms with Gasteiger partial charge in [-0.1, -0.05) is 6.07 Å². The molecule has 0 unspecified atom stereocenters. The van der Waals surface area contributed by atoms with Crippen molar-refractivity contribution < 1.29 is 251 Å². The Balaban J connectivity index is 0.0000110. The van der Waals surface area contributed by atoms with Crippen molar-refractivity contribution in [3.8, 4) is 5.75 Å². The van der Waals surface area contributed by atoms with Gasteiger partial charge < -0.3 is 39.9 Å². The molecule has 0 radical (unpaired) electrons. The van der Waals surface area contributed by atoms with Crippen LogP contribution in [0.2, 0.25) is 0 Å². The van der Waals surface area contributed by atoms with Gasteiger partial charge in [0.25, 0.3) is 5.91 Å². The first-order valence-electron chi connectivity index (χ1n) is 18.2. The molecule has 0 aliphatic heterocycles. The molecule has 0 saturated carbocycles. The second kappa shape index (κ2) is 33.5. The molecule has 0 aliphatic carbocycles. The van der Waals surface area contributed by atoms with Crippen LogP contribution < -0.4 is 169 Å². The summed E-state index contributed by atoms with van der Waals surface area (Å²) >= 11 is 0.156. The summed E-state index contributed by atoms with van der Waals surface area (Å²) in [6, 6.07) is 15.5. The van der Waals surface area contributed by atoms with Crippen molar-refractivity contribution >= 4 is 125 Å². The fourth-order valence-electron chi connectivity index (χ4n) is 5.55. The van der Waals surface area contributed by atoms with Gasteiger partial charge in [-0.2, -0.15) is 9.45 Å². The monoisotopic (exact) mass is 1230 g/mol. The fourth-order valence-corrected chi connectivity index (χ4v) is 10.0. The third-order valence-electron chi connectivity index (χ3n) is 8.58. The second-order valence-electron chi connectivity index (χ2n) is 13.1. The van der Waals surface area contributed by atoms with Crippen molar-refractivity contribution in [3.05, 3.63) is 90.5 Å². The molecule has 5 aromatic carbocycles. The third-order valence-corrected chi connectivity index (χ3v) is 14.7. The second-order valence-corrected chi connectivity index (χ2v) is 22.4. The van der Waals surface area contributed by atoms with E-state index in [0.717, 1.165) is 36.4 Å². The van der Waals surface area contributed by atoms with E-state index < -0.39 is 119 Å². The first-order chi connectivity index (χ1) is 32.8. The van der Waals surface area contributed by atoms with Crippen LogP contribution in [0.5, 0.6) is 5.75 Å². The summed E-state index contributed by atoms with van der Waals surface area (Å²) in [4.78, 5) is 10.5. The zero-order valence-corrected chi connectivity index (χ0v) is 54.9. The maximum Gasteiger partial charge on any atom is 1.00 e. The molecule has 75 heavy (non-hydrogen) atoms. The van der Waals surface area contributed by atoms with E-state index in [1.807, 2.05) is 0 Å². The molecule has 5 aromatic rings. The Hall–Kier alpha value is -0.360. The number of carbonyl (C=O) groups is 1. The van der Waals surface area contributed by atoms with E-state index >= 15 is 0 Å². The van der Waals surface area contributed by atoms with Gasteiger partial charge in [0, 0.05) is 22.0 Å². The number of sulfone groups is 2. The number of nitrogens with zero attached hydrogens (tertiary/aromatic N) is 4. The number of fused-ring (bicyclic) bond motifs is 1. The van der Waals surface area contributed by atoms with E-state index in [-0.39, 0.29) is 215 Å². The van der Waals surface area contributed by atoms with Crippen LogP contribution in [0.15, 0.2) is 125 Å². The summed E-state index contributed by atoms with van der Waals surface area (Å²) in [5, 5.41) is 58.9. The average molecular weight is 1230 g/mol. The molecule has 5 rings (SSSR count). The fraction of sp³-hybridized carbons (Fsp3) is 0.147. The van der Waals surface area contributed by atoms with Crippen LogP contribution in [0.25, 0.3) is 10.8 Å². The Morgan fingerprint density at radius 3 is 1.87 bits per heavy atom. The Kier molecular flexibility index (Phi) is 33.4. The first kappa shape index (κ1) is 74.6. The quantitative estimate of drug-likeness (QED) is 0.00714. The van der Waals surface area contributed by atoms with Crippen LogP contribution in [-0.2, 0) is 77.4 Å². The molecule has 3 N–H and O–H groups in total. The van der Waals surface area contributed by atoms with Gasteiger partial charge in [-0.3, -0.25) is 23.2 Å². The molecule has 41 heteroatoms. The zero-order valence-electron chi connectivity index (χ0n) is 39.2. The van der Waals surface area contributed by atoms with E-state index in [1.165, 1.54) is 42.5 Å². The summed E-state index contributed by atoms with van der Waals surface area (Å²) in [5.41, 5.74) is -1.85. The number of nitrogens with one attached hydrogen (secondary N) is 2. The average Bonchev–Trinajstić information content (AvgIpc) is 3.28. The van der Waals surface area contributed by atoms with Crippen molar-refractivity contribution in [1.82, 2.24) is 0 Å². The van der Waals surface area contributed by atoms with Gasteiger partial charge in [0.2, 0.25) is 10.4 Å². The van der Waals surface area contributed by atoms with Crippen LogP contribution in [0.1, 0.15) is 10.4 Å².